The molecule has 0 aliphatic rings. The highest BCUT2D eigenvalue weighted by Crippen LogP contribution is 2.27. The maximum absolute atomic E-state index is 12.7. The van der Waals surface area contributed by atoms with E-state index < -0.39 is 11.0 Å². The molecule has 3 aromatic rings. The molecular weight excluding hydrogens is 320 g/mol. The fourth-order valence-electron chi connectivity index (χ4n) is 2.32. The van der Waals surface area contributed by atoms with Gasteiger partial charge in [-0.1, -0.05) is 42.5 Å². The van der Waals surface area contributed by atoms with Gasteiger partial charge in [0.25, 0.3) is 5.69 Å². The maximum atomic E-state index is 12.7. The van der Waals surface area contributed by atoms with Crippen LogP contribution in [0.15, 0.2) is 84.9 Å². The number of anilines is 2. The summed E-state index contributed by atoms with van der Waals surface area (Å²) in [5, 5.41) is 10.9. The van der Waals surface area contributed by atoms with E-state index in [9.17, 15) is 14.9 Å². The molecule has 0 N–H and O–H groups in total. The summed E-state index contributed by atoms with van der Waals surface area (Å²) in [5.41, 5.74) is 1.12. The van der Waals surface area contributed by atoms with Crippen molar-refractivity contribution in [2.45, 2.75) is 0 Å². The van der Waals surface area contributed by atoms with E-state index in [1.54, 1.807) is 24.3 Å². The summed E-state index contributed by atoms with van der Waals surface area (Å²) >= 11 is 0. The van der Waals surface area contributed by atoms with Crippen LogP contribution in [0.1, 0.15) is 0 Å². The highest BCUT2D eigenvalue weighted by atomic mass is 16.6. The van der Waals surface area contributed by atoms with Gasteiger partial charge < -0.3 is 4.74 Å². The Bertz CT molecular complexity index is 843. The van der Waals surface area contributed by atoms with E-state index in [1.165, 1.54) is 29.2 Å². The van der Waals surface area contributed by atoms with E-state index in [0.717, 1.165) is 0 Å². The minimum atomic E-state index is -0.655. The monoisotopic (exact) mass is 334 g/mol. The van der Waals surface area contributed by atoms with E-state index in [-0.39, 0.29) is 11.4 Å². The lowest BCUT2D eigenvalue weighted by atomic mass is 10.2. The minimum absolute atomic E-state index is 0.107. The van der Waals surface area contributed by atoms with E-state index in [2.05, 4.69) is 0 Å². The zero-order valence-electron chi connectivity index (χ0n) is 13.1. The molecule has 0 fully saturated rings. The molecule has 0 atom stereocenters. The summed E-state index contributed by atoms with van der Waals surface area (Å²) in [5.74, 6) is 0.107. The van der Waals surface area contributed by atoms with Crippen molar-refractivity contribution in [2.24, 2.45) is 0 Å². The molecule has 0 saturated heterocycles. The lowest BCUT2D eigenvalue weighted by Gasteiger charge is -2.22. The van der Waals surface area contributed by atoms with Gasteiger partial charge in [0.1, 0.15) is 5.75 Å². The summed E-state index contributed by atoms with van der Waals surface area (Å²) in [4.78, 5) is 24.5. The van der Waals surface area contributed by atoms with Crippen molar-refractivity contribution in [1.29, 1.82) is 0 Å². The molecule has 0 radical (unpaired) electrons. The Balaban J connectivity index is 1.93. The molecule has 0 aliphatic carbocycles. The first-order chi connectivity index (χ1) is 12.1. The van der Waals surface area contributed by atoms with Crippen molar-refractivity contribution in [1.82, 2.24) is 0 Å². The van der Waals surface area contributed by atoms with Crippen molar-refractivity contribution in [2.75, 3.05) is 4.90 Å². The van der Waals surface area contributed by atoms with Crippen molar-refractivity contribution in [3.8, 4) is 5.75 Å². The molecule has 124 valence electrons. The predicted octanol–water partition coefficient (Wildman–Crippen LogP) is 4.93. The van der Waals surface area contributed by atoms with Gasteiger partial charge >= 0.3 is 6.09 Å². The van der Waals surface area contributed by atoms with E-state index >= 15 is 0 Å². The van der Waals surface area contributed by atoms with Crippen LogP contribution >= 0.6 is 0 Å². The van der Waals surface area contributed by atoms with E-state index in [4.69, 9.17) is 4.74 Å². The van der Waals surface area contributed by atoms with Gasteiger partial charge in [-0.25, -0.2) is 9.69 Å². The van der Waals surface area contributed by atoms with Crippen molar-refractivity contribution in [3.63, 3.8) is 0 Å². The Labute approximate surface area is 144 Å². The summed E-state index contributed by atoms with van der Waals surface area (Å²) in [6.45, 7) is 0. The van der Waals surface area contributed by atoms with Crippen LogP contribution in [0.2, 0.25) is 0 Å². The quantitative estimate of drug-likeness (QED) is 0.501. The molecule has 0 heterocycles. The number of benzene rings is 3. The number of para-hydroxylation sites is 2. The first-order valence-electron chi connectivity index (χ1n) is 7.51. The highest BCUT2D eigenvalue weighted by molar-refractivity contribution is 5.97. The molecule has 0 aromatic heterocycles. The number of non-ortho nitro benzene ring substituents is 1. The number of hydrogen-bond acceptors (Lipinski definition) is 4. The molecule has 6 heteroatoms. The largest absolute Gasteiger partial charge is 0.424 e. The Morgan fingerprint density at radius 3 is 1.92 bits per heavy atom. The van der Waals surface area contributed by atoms with Gasteiger partial charge in [-0.3, -0.25) is 10.1 Å². The number of nitrogens with zero attached hydrogens (tertiary/aromatic N) is 2. The zero-order valence-corrected chi connectivity index (χ0v) is 13.1. The highest BCUT2D eigenvalue weighted by Gasteiger charge is 2.20. The topological polar surface area (TPSA) is 72.7 Å². The number of amides is 1. The summed E-state index contributed by atoms with van der Waals surface area (Å²) in [6.07, 6.45) is -0.655. The fraction of sp³-hybridized carbons (Fsp3) is 0. The second kappa shape index (κ2) is 7.27. The van der Waals surface area contributed by atoms with Crippen molar-refractivity contribution < 1.29 is 14.5 Å². The molecule has 1 amide bonds. The average molecular weight is 334 g/mol. The van der Waals surface area contributed by atoms with E-state index in [1.807, 2.05) is 36.4 Å². The molecule has 0 unspecified atom stereocenters. The number of hydrogen-bond donors (Lipinski definition) is 0. The summed E-state index contributed by atoms with van der Waals surface area (Å²) in [7, 11) is 0. The smallest absolute Gasteiger partial charge is 0.409 e. The first kappa shape index (κ1) is 16.2. The van der Waals surface area contributed by atoms with Gasteiger partial charge in [-0.05, 0) is 30.3 Å². The number of carbonyl (C=O) groups is 1. The number of nitro benzene ring substituents is 1. The van der Waals surface area contributed by atoms with Gasteiger partial charge in [0, 0.05) is 6.07 Å². The third kappa shape index (κ3) is 3.81. The normalized spacial score (nSPS) is 10.1. The molecule has 6 nitrogen and oxygen atoms in total. The number of rotatable bonds is 4. The Morgan fingerprint density at radius 2 is 1.40 bits per heavy atom. The Kier molecular flexibility index (Phi) is 4.71. The number of carbonyl (C=O) groups excluding carboxylic acids is 1. The molecule has 3 rings (SSSR count). The molecule has 0 bridgehead atoms. The van der Waals surface area contributed by atoms with Gasteiger partial charge in [-0.2, -0.15) is 0 Å². The van der Waals surface area contributed by atoms with Crippen LogP contribution in [0.25, 0.3) is 0 Å². The van der Waals surface area contributed by atoms with Crippen LogP contribution in [-0.4, -0.2) is 11.0 Å². The van der Waals surface area contributed by atoms with Crippen LogP contribution in [-0.2, 0) is 0 Å². The predicted molar refractivity (Wildman–Crippen MR) is 94.1 cm³/mol. The Hall–Kier alpha value is -3.67. The van der Waals surface area contributed by atoms with Crippen LogP contribution in [0.4, 0.5) is 21.9 Å². The lowest BCUT2D eigenvalue weighted by Crippen LogP contribution is -2.29. The fourth-order valence-corrected chi connectivity index (χ4v) is 2.32. The molecule has 3 aromatic carbocycles. The molecule has 0 saturated carbocycles. The van der Waals surface area contributed by atoms with Crippen LogP contribution in [0.3, 0.4) is 0 Å². The maximum Gasteiger partial charge on any atom is 0.424 e. The minimum Gasteiger partial charge on any atom is -0.409 e. The molecule has 25 heavy (non-hydrogen) atoms. The summed E-state index contributed by atoms with van der Waals surface area (Å²) in [6, 6.07) is 23.6. The van der Waals surface area contributed by atoms with Gasteiger partial charge in [0.2, 0.25) is 0 Å². The SMILES string of the molecule is O=C(Oc1cccc([N+](=O)[O-])c1)N(c1ccccc1)c1ccccc1. The third-order valence-electron chi connectivity index (χ3n) is 3.44. The third-order valence-corrected chi connectivity index (χ3v) is 3.44. The molecule has 0 spiro atoms. The average Bonchev–Trinajstić information content (AvgIpc) is 2.64. The van der Waals surface area contributed by atoms with Gasteiger partial charge in [0.05, 0.1) is 22.4 Å². The van der Waals surface area contributed by atoms with Gasteiger partial charge in [0.15, 0.2) is 0 Å². The summed E-state index contributed by atoms with van der Waals surface area (Å²) < 4.78 is 5.36. The first-order valence-corrected chi connectivity index (χ1v) is 7.51. The van der Waals surface area contributed by atoms with E-state index in [0.29, 0.717) is 11.4 Å². The zero-order chi connectivity index (χ0) is 17.6. The second-order valence-electron chi connectivity index (χ2n) is 5.13. The second-order valence-corrected chi connectivity index (χ2v) is 5.13. The molecule has 0 aliphatic heterocycles. The van der Waals surface area contributed by atoms with Crippen molar-refractivity contribution in [3.05, 3.63) is 95.0 Å². The standard InChI is InChI=1S/C19H14N2O4/c22-19(25-18-13-7-12-17(14-18)21(23)24)20(15-8-3-1-4-9-15)16-10-5-2-6-11-16/h1-14H. The van der Waals surface area contributed by atoms with Crippen molar-refractivity contribution >= 4 is 23.2 Å². The van der Waals surface area contributed by atoms with Crippen LogP contribution < -0.4 is 9.64 Å². The van der Waals surface area contributed by atoms with Crippen LogP contribution in [0.5, 0.6) is 5.75 Å². The van der Waals surface area contributed by atoms with Crippen LogP contribution in [0, 0.1) is 10.1 Å². The molecular formula is C19H14N2O4. The Morgan fingerprint density at radius 1 is 0.840 bits per heavy atom. The van der Waals surface area contributed by atoms with Gasteiger partial charge in [-0.15, -0.1) is 0 Å². The lowest BCUT2D eigenvalue weighted by molar-refractivity contribution is -0.384. The number of nitro groups is 1. The number of ether oxygens (including phenoxy) is 1.